The third-order valence-electron chi connectivity index (χ3n) is 4.90. The van der Waals surface area contributed by atoms with Gasteiger partial charge in [-0.1, -0.05) is 40.6 Å². The molecule has 4 rings (SSSR count). The van der Waals surface area contributed by atoms with Crippen LogP contribution in [0, 0.1) is 6.92 Å². The van der Waals surface area contributed by atoms with Gasteiger partial charge in [-0.3, -0.25) is 9.69 Å². The molecule has 4 aromatic rings. The number of carbonyl (C=O) groups excluding carboxylic acids is 1. The summed E-state index contributed by atoms with van der Waals surface area (Å²) in [6.07, 6.45) is 6.10. The summed E-state index contributed by atoms with van der Waals surface area (Å²) in [5.74, 6) is 0.434. The first-order valence-corrected chi connectivity index (χ1v) is 11.2. The number of fused-ring (bicyclic) bond motifs is 1. The number of amides is 1. The molecule has 0 spiro atoms. The highest BCUT2D eigenvalue weighted by atomic mass is 35.5. The summed E-state index contributed by atoms with van der Waals surface area (Å²) in [5, 5.41) is 1.39. The number of aromatic nitrogens is 3. The quantitative estimate of drug-likeness (QED) is 0.293. The molecule has 0 N–H and O–H groups in total. The van der Waals surface area contributed by atoms with E-state index in [2.05, 4.69) is 4.98 Å². The fourth-order valence-electron chi connectivity index (χ4n) is 3.30. The lowest BCUT2D eigenvalue weighted by atomic mass is 10.2. The summed E-state index contributed by atoms with van der Waals surface area (Å²) >= 11 is 13.9. The normalized spacial score (nSPS) is 10.8. The molecule has 2 aromatic heterocycles. The van der Waals surface area contributed by atoms with Crippen molar-refractivity contribution in [2.24, 2.45) is 0 Å². The zero-order chi connectivity index (χ0) is 22.0. The van der Waals surface area contributed by atoms with Crippen LogP contribution in [0.15, 0.2) is 49.1 Å². The van der Waals surface area contributed by atoms with Crippen molar-refractivity contribution >= 4 is 68.2 Å². The van der Waals surface area contributed by atoms with Crippen LogP contribution in [-0.2, 0) is 6.54 Å². The Morgan fingerprint density at radius 2 is 2.06 bits per heavy atom. The van der Waals surface area contributed by atoms with Crippen LogP contribution >= 0.6 is 46.9 Å². The Kier molecular flexibility index (Phi) is 8.00. The van der Waals surface area contributed by atoms with Crippen LogP contribution in [0.1, 0.15) is 22.3 Å². The molecule has 0 fully saturated rings. The number of hydrogen-bond acceptors (Lipinski definition) is 5. The highest BCUT2D eigenvalue weighted by molar-refractivity contribution is 7.22. The van der Waals surface area contributed by atoms with Crippen molar-refractivity contribution in [3.63, 3.8) is 0 Å². The molecule has 0 aliphatic rings. The molecule has 32 heavy (non-hydrogen) atoms. The minimum Gasteiger partial charge on any atom is -0.494 e. The summed E-state index contributed by atoms with van der Waals surface area (Å²) in [6, 6.07) is 8.76. The first kappa shape index (κ1) is 24.3. The first-order valence-electron chi connectivity index (χ1n) is 9.64. The second-order valence-electron chi connectivity index (χ2n) is 6.99. The first-order chi connectivity index (χ1) is 15.0. The van der Waals surface area contributed by atoms with Gasteiger partial charge in [0.1, 0.15) is 11.3 Å². The van der Waals surface area contributed by atoms with E-state index in [-0.39, 0.29) is 18.3 Å². The number of methoxy groups -OCH3 is 1. The summed E-state index contributed by atoms with van der Waals surface area (Å²) in [6.45, 7) is 3.20. The predicted octanol–water partition coefficient (Wildman–Crippen LogP) is 6.28. The highest BCUT2D eigenvalue weighted by Crippen LogP contribution is 2.37. The fraction of sp³-hybridized carbons (Fsp3) is 0.227. The van der Waals surface area contributed by atoms with E-state index in [9.17, 15) is 4.79 Å². The summed E-state index contributed by atoms with van der Waals surface area (Å²) in [4.78, 5) is 24.0. The maximum absolute atomic E-state index is 13.5. The van der Waals surface area contributed by atoms with Crippen molar-refractivity contribution in [1.29, 1.82) is 0 Å². The molecule has 1 amide bonds. The van der Waals surface area contributed by atoms with Crippen LogP contribution in [0.3, 0.4) is 0 Å². The molecule has 0 radical (unpaired) electrons. The Balaban J connectivity index is 0.00000289. The number of benzene rings is 2. The van der Waals surface area contributed by atoms with Crippen LogP contribution in [-0.4, -0.2) is 34.1 Å². The van der Waals surface area contributed by atoms with Crippen molar-refractivity contribution in [2.75, 3.05) is 18.6 Å². The van der Waals surface area contributed by atoms with Gasteiger partial charge in [-0.2, -0.15) is 0 Å². The molecule has 2 aromatic carbocycles. The van der Waals surface area contributed by atoms with Gasteiger partial charge in [0.2, 0.25) is 0 Å². The van der Waals surface area contributed by atoms with Gasteiger partial charge < -0.3 is 9.30 Å². The minimum atomic E-state index is -0.242. The van der Waals surface area contributed by atoms with Gasteiger partial charge in [0.05, 0.1) is 28.7 Å². The molecule has 0 aliphatic heterocycles. The van der Waals surface area contributed by atoms with Gasteiger partial charge in [0.15, 0.2) is 5.13 Å². The molecule has 0 unspecified atom stereocenters. The molecule has 0 atom stereocenters. The Labute approximate surface area is 206 Å². The van der Waals surface area contributed by atoms with Gasteiger partial charge in [-0.05, 0) is 43.2 Å². The summed E-state index contributed by atoms with van der Waals surface area (Å²) in [7, 11) is 1.61. The second-order valence-corrected chi connectivity index (χ2v) is 8.82. The topological polar surface area (TPSA) is 60.2 Å². The number of halogens is 3. The van der Waals surface area contributed by atoms with E-state index < -0.39 is 0 Å². The number of thiazole rings is 1. The molecule has 10 heteroatoms. The Bertz CT molecular complexity index is 1230. The Hall–Kier alpha value is -2.32. The van der Waals surface area contributed by atoms with Crippen LogP contribution in [0.5, 0.6) is 5.75 Å². The molecule has 0 aliphatic carbocycles. The number of anilines is 1. The lowest BCUT2D eigenvalue weighted by Crippen LogP contribution is -2.32. The van der Waals surface area contributed by atoms with E-state index >= 15 is 0 Å². The highest BCUT2D eigenvalue weighted by Gasteiger charge is 2.24. The number of hydrogen-bond donors (Lipinski definition) is 0. The molecule has 2 heterocycles. The number of nitrogens with zero attached hydrogens (tertiary/aromatic N) is 4. The lowest BCUT2D eigenvalue weighted by molar-refractivity contribution is 0.0986. The van der Waals surface area contributed by atoms with E-state index in [1.54, 1.807) is 42.7 Å². The van der Waals surface area contributed by atoms with Crippen molar-refractivity contribution in [1.82, 2.24) is 14.5 Å². The number of rotatable bonds is 7. The molecule has 6 nitrogen and oxygen atoms in total. The van der Waals surface area contributed by atoms with Crippen LogP contribution in [0.2, 0.25) is 10.0 Å². The molecular weight excluding hydrogens is 491 g/mol. The van der Waals surface area contributed by atoms with Gasteiger partial charge in [-0.15, -0.1) is 12.4 Å². The molecule has 0 bridgehead atoms. The van der Waals surface area contributed by atoms with E-state index in [1.165, 1.54) is 11.3 Å². The Morgan fingerprint density at radius 1 is 1.25 bits per heavy atom. The van der Waals surface area contributed by atoms with Crippen molar-refractivity contribution in [3.8, 4) is 5.75 Å². The van der Waals surface area contributed by atoms with Crippen molar-refractivity contribution in [2.45, 2.75) is 19.9 Å². The van der Waals surface area contributed by atoms with Gasteiger partial charge in [0, 0.05) is 30.5 Å². The third-order valence-corrected chi connectivity index (χ3v) is 6.68. The maximum Gasteiger partial charge on any atom is 0.261 e. The summed E-state index contributed by atoms with van der Waals surface area (Å²) in [5.41, 5.74) is 2.16. The molecule has 168 valence electrons. The second kappa shape index (κ2) is 10.5. The van der Waals surface area contributed by atoms with E-state index in [4.69, 9.17) is 32.9 Å². The monoisotopic (exact) mass is 510 g/mol. The zero-order valence-corrected chi connectivity index (χ0v) is 20.6. The predicted molar refractivity (Wildman–Crippen MR) is 133 cm³/mol. The maximum atomic E-state index is 13.5. The smallest absolute Gasteiger partial charge is 0.261 e. The molecular formula is C22H21Cl3N4O2S. The van der Waals surface area contributed by atoms with Gasteiger partial charge in [0.25, 0.3) is 5.91 Å². The number of carbonyl (C=O) groups is 1. The fourth-order valence-corrected chi connectivity index (χ4v) is 4.75. The minimum absolute atomic E-state index is 0. The Morgan fingerprint density at radius 3 is 2.78 bits per heavy atom. The SMILES string of the molecule is COc1ccc(C)c2sc(N(CCCn3ccnc3)C(=O)c3cc(Cl)ccc3Cl)nc12.Cl. The van der Waals surface area contributed by atoms with Crippen LogP contribution in [0.25, 0.3) is 10.2 Å². The standard InChI is InChI=1S/C22H20Cl2N4O2S.ClH/c1-14-4-7-18(30-2)19-20(14)31-22(26-19)28(10-3-9-27-11-8-25-13-27)21(29)16-12-15(23)5-6-17(16)24;/h4-8,11-13H,3,9-10H2,1-2H3;1H. The van der Waals surface area contributed by atoms with Crippen molar-refractivity contribution < 1.29 is 9.53 Å². The summed E-state index contributed by atoms with van der Waals surface area (Å²) < 4.78 is 8.44. The largest absolute Gasteiger partial charge is 0.494 e. The van der Waals surface area contributed by atoms with Crippen LogP contribution < -0.4 is 9.64 Å². The van der Waals surface area contributed by atoms with Gasteiger partial charge >= 0.3 is 0 Å². The third kappa shape index (κ3) is 5.02. The zero-order valence-electron chi connectivity index (χ0n) is 17.4. The lowest BCUT2D eigenvalue weighted by Gasteiger charge is -2.21. The van der Waals surface area contributed by atoms with Crippen molar-refractivity contribution in [3.05, 3.63) is 70.2 Å². The van der Waals surface area contributed by atoms with Gasteiger partial charge in [-0.25, -0.2) is 9.97 Å². The van der Waals surface area contributed by atoms with Crippen LogP contribution in [0.4, 0.5) is 5.13 Å². The number of imidazole rings is 1. The van der Waals surface area contributed by atoms with E-state index in [0.29, 0.717) is 39.5 Å². The average Bonchev–Trinajstić information content (AvgIpc) is 3.43. The molecule has 0 saturated heterocycles. The van der Waals surface area contributed by atoms with E-state index in [0.717, 1.165) is 22.3 Å². The van der Waals surface area contributed by atoms with E-state index in [1.807, 2.05) is 29.8 Å². The number of aryl methyl sites for hydroxylation is 2. The average molecular weight is 512 g/mol. The molecule has 0 saturated carbocycles. The number of ether oxygens (including phenoxy) is 1.